The van der Waals surface area contributed by atoms with Crippen LogP contribution >= 0.6 is 11.3 Å². The Morgan fingerprint density at radius 1 is 1.29 bits per heavy atom. The van der Waals surface area contributed by atoms with Crippen molar-refractivity contribution < 1.29 is 0 Å². The molecule has 0 amide bonds. The first-order valence-corrected chi connectivity index (χ1v) is 7.49. The third kappa shape index (κ3) is 3.76. The average molecular weight is 253 g/mol. The van der Waals surface area contributed by atoms with Gasteiger partial charge in [-0.2, -0.15) is 0 Å². The predicted octanol–water partition coefficient (Wildman–Crippen LogP) is 1.85. The van der Waals surface area contributed by atoms with E-state index < -0.39 is 0 Å². The SMILES string of the molecule is CCCc1nc(C)c(CCN2CCNCC2)s1. The second-order valence-corrected chi connectivity index (χ2v) is 5.88. The minimum atomic E-state index is 1.14. The lowest BCUT2D eigenvalue weighted by Gasteiger charge is -2.26. The van der Waals surface area contributed by atoms with Crippen LogP contribution < -0.4 is 5.32 Å². The van der Waals surface area contributed by atoms with Crippen molar-refractivity contribution in [3.63, 3.8) is 0 Å². The Morgan fingerprint density at radius 2 is 2.06 bits per heavy atom. The summed E-state index contributed by atoms with van der Waals surface area (Å²) >= 11 is 1.92. The molecule has 1 aliphatic heterocycles. The summed E-state index contributed by atoms with van der Waals surface area (Å²) < 4.78 is 0. The zero-order chi connectivity index (χ0) is 12.1. The van der Waals surface area contributed by atoms with Crippen LogP contribution in [0.2, 0.25) is 0 Å². The second kappa shape index (κ2) is 6.47. The van der Waals surface area contributed by atoms with Crippen molar-refractivity contribution in [2.75, 3.05) is 32.7 Å². The molecule has 2 heterocycles. The van der Waals surface area contributed by atoms with Gasteiger partial charge in [0.25, 0.3) is 0 Å². The number of rotatable bonds is 5. The van der Waals surface area contributed by atoms with Crippen LogP contribution in [0.3, 0.4) is 0 Å². The van der Waals surface area contributed by atoms with Crippen LogP contribution in [-0.4, -0.2) is 42.6 Å². The predicted molar refractivity (Wildman–Crippen MR) is 73.9 cm³/mol. The first-order chi connectivity index (χ1) is 8.29. The fourth-order valence-electron chi connectivity index (χ4n) is 2.24. The number of thiazole rings is 1. The molecule has 1 fully saturated rings. The first kappa shape index (κ1) is 13.0. The van der Waals surface area contributed by atoms with Gasteiger partial charge < -0.3 is 10.2 Å². The number of hydrogen-bond donors (Lipinski definition) is 1. The molecule has 96 valence electrons. The van der Waals surface area contributed by atoms with Crippen molar-refractivity contribution in [2.45, 2.75) is 33.1 Å². The number of aromatic nitrogens is 1. The molecule has 1 N–H and O–H groups in total. The van der Waals surface area contributed by atoms with E-state index in [0.717, 1.165) is 19.5 Å². The summed E-state index contributed by atoms with van der Waals surface area (Å²) in [6, 6.07) is 0. The van der Waals surface area contributed by atoms with Gasteiger partial charge in [0, 0.05) is 37.6 Å². The van der Waals surface area contributed by atoms with Gasteiger partial charge in [-0.05, 0) is 26.2 Å². The summed E-state index contributed by atoms with van der Waals surface area (Å²) in [5.74, 6) is 0. The summed E-state index contributed by atoms with van der Waals surface area (Å²) in [6.07, 6.45) is 3.51. The van der Waals surface area contributed by atoms with E-state index in [1.54, 1.807) is 0 Å². The van der Waals surface area contributed by atoms with Crippen LogP contribution in [-0.2, 0) is 12.8 Å². The van der Waals surface area contributed by atoms with Crippen molar-refractivity contribution in [3.05, 3.63) is 15.6 Å². The van der Waals surface area contributed by atoms with Crippen molar-refractivity contribution >= 4 is 11.3 Å². The average Bonchev–Trinajstić information content (AvgIpc) is 2.69. The standard InChI is InChI=1S/C13H23N3S/c1-3-4-13-15-11(2)12(17-13)5-8-16-9-6-14-7-10-16/h14H,3-10H2,1-2H3. The number of aryl methyl sites for hydroxylation is 2. The van der Waals surface area contributed by atoms with Crippen LogP contribution in [0.4, 0.5) is 0 Å². The molecule has 0 bridgehead atoms. The van der Waals surface area contributed by atoms with E-state index in [1.165, 1.54) is 48.1 Å². The molecule has 1 saturated heterocycles. The van der Waals surface area contributed by atoms with Crippen molar-refractivity contribution in [1.82, 2.24) is 15.2 Å². The van der Waals surface area contributed by atoms with E-state index in [1.807, 2.05) is 11.3 Å². The van der Waals surface area contributed by atoms with Crippen LogP contribution in [0.1, 0.15) is 28.9 Å². The maximum absolute atomic E-state index is 4.65. The lowest BCUT2D eigenvalue weighted by molar-refractivity contribution is 0.244. The van der Waals surface area contributed by atoms with Crippen LogP contribution in [0, 0.1) is 6.92 Å². The molecule has 17 heavy (non-hydrogen) atoms. The van der Waals surface area contributed by atoms with E-state index in [-0.39, 0.29) is 0 Å². The van der Waals surface area contributed by atoms with E-state index in [0.29, 0.717) is 0 Å². The summed E-state index contributed by atoms with van der Waals surface area (Å²) in [4.78, 5) is 8.70. The smallest absolute Gasteiger partial charge is 0.0930 e. The van der Waals surface area contributed by atoms with Gasteiger partial charge in [0.1, 0.15) is 0 Å². The maximum atomic E-state index is 4.65. The van der Waals surface area contributed by atoms with Gasteiger partial charge in [-0.3, -0.25) is 0 Å². The Kier molecular flexibility index (Phi) is 4.95. The third-order valence-electron chi connectivity index (χ3n) is 3.27. The summed E-state index contributed by atoms with van der Waals surface area (Å²) in [7, 11) is 0. The second-order valence-electron chi connectivity index (χ2n) is 4.71. The summed E-state index contributed by atoms with van der Waals surface area (Å²) in [6.45, 7) is 10.2. The molecule has 0 radical (unpaired) electrons. The van der Waals surface area contributed by atoms with E-state index in [9.17, 15) is 0 Å². The van der Waals surface area contributed by atoms with E-state index in [2.05, 4.69) is 29.0 Å². The maximum Gasteiger partial charge on any atom is 0.0930 e. The molecular weight excluding hydrogens is 230 g/mol. The fourth-order valence-corrected chi connectivity index (χ4v) is 3.40. The van der Waals surface area contributed by atoms with Gasteiger partial charge in [0.15, 0.2) is 0 Å². The molecule has 1 aliphatic rings. The van der Waals surface area contributed by atoms with Crippen LogP contribution in [0.15, 0.2) is 0 Å². The summed E-state index contributed by atoms with van der Waals surface area (Å²) in [5.41, 5.74) is 1.26. The Balaban J connectivity index is 1.84. The molecule has 1 aromatic rings. The Morgan fingerprint density at radius 3 is 2.76 bits per heavy atom. The molecular formula is C13H23N3S. The lowest BCUT2D eigenvalue weighted by atomic mass is 10.2. The zero-order valence-corrected chi connectivity index (χ0v) is 11.8. The topological polar surface area (TPSA) is 28.2 Å². The quantitative estimate of drug-likeness (QED) is 0.868. The third-order valence-corrected chi connectivity index (χ3v) is 4.54. The number of nitrogens with zero attached hydrogens (tertiary/aromatic N) is 2. The molecule has 0 aromatic carbocycles. The number of nitrogens with one attached hydrogen (secondary N) is 1. The Bertz CT molecular complexity index is 342. The van der Waals surface area contributed by atoms with Crippen molar-refractivity contribution in [3.8, 4) is 0 Å². The Labute approximate surface area is 108 Å². The minimum absolute atomic E-state index is 1.14. The molecule has 0 aliphatic carbocycles. The zero-order valence-electron chi connectivity index (χ0n) is 11.0. The number of piperazine rings is 1. The van der Waals surface area contributed by atoms with Gasteiger partial charge in [-0.25, -0.2) is 4.98 Å². The number of hydrogen-bond acceptors (Lipinski definition) is 4. The Hall–Kier alpha value is -0.450. The van der Waals surface area contributed by atoms with Gasteiger partial charge in [0.05, 0.1) is 10.7 Å². The fraction of sp³-hybridized carbons (Fsp3) is 0.769. The van der Waals surface area contributed by atoms with Gasteiger partial charge in [-0.1, -0.05) is 6.92 Å². The normalized spacial score (nSPS) is 17.5. The highest BCUT2D eigenvalue weighted by Crippen LogP contribution is 2.20. The largest absolute Gasteiger partial charge is 0.314 e. The highest BCUT2D eigenvalue weighted by molar-refractivity contribution is 7.11. The monoisotopic (exact) mass is 253 g/mol. The van der Waals surface area contributed by atoms with Crippen LogP contribution in [0.5, 0.6) is 0 Å². The van der Waals surface area contributed by atoms with Gasteiger partial charge in [0.2, 0.25) is 0 Å². The molecule has 2 rings (SSSR count). The van der Waals surface area contributed by atoms with Crippen molar-refractivity contribution in [2.24, 2.45) is 0 Å². The van der Waals surface area contributed by atoms with Crippen LogP contribution in [0.25, 0.3) is 0 Å². The molecule has 0 unspecified atom stereocenters. The molecule has 1 aromatic heterocycles. The molecule has 0 saturated carbocycles. The van der Waals surface area contributed by atoms with Gasteiger partial charge >= 0.3 is 0 Å². The van der Waals surface area contributed by atoms with Gasteiger partial charge in [-0.15, -0.1) is 11.3 Å². The molecule has 3 nitrogen and oxygen atoms in total. The van der Waals surface area contributed by atoms with E-state index in [4.69, 9.17) is 0 Å². The van der Waals surface area contributed by atoms with E-state index >= 15 is 0 Å². The highest BCUT2D eigenvalue weighted by Gasteiger charge is 2.12. The molecule has 0 atom stereocenters. The first-order valence-electron chi connectivity index (χ1n) is 6.68. The minimum Gasteiger partial charge on any atom is -0.314 e. The molecule has 4 heteroatoms. The lowest BCUT2D eigenvalue weighted by Crippen LogP contribution is -2.44. The summed E-state index contributed by atoms with van der Waals surface area (Å²) in [5, 5.41) is 4.71. The highest BCUT2D eigenvalue weighted by atomic mass is 32.1. The molecule has 0 spiro atoms. The van der Waals surface area contributed by atoms with Crippen molar-refractivity contribution in [1.29, 1.82) is 0 Å².